The molecule has 2 fully saturated rings. The van der Waals surface area contributed by atoms with Gasteiger partial charge in [0.05, 0.1) is 18.1 Å². The van der Waals surface area contributed by atoms with Crippen molar-refractivity contribution in [3.63, 3.8) is 0 Å². The number of carbonyl (C=O) groups is 2. The third kappa shape index (κ3) is 5.37. The SMILES string of the molecule is CCOC(=O)[C@H]1CCCN(C(=O)c2cn(C)nc2S(=O)(=O)N2CCN(c3cc(Cl)ccc3C)CC2)C1. The molecule has 12 heteroatoms. The number of likely N-dealkylation sites (tertiary alicyclic amines) is 1. The maximum absolute atomic E-state index is 13.6. The van der Waals surface area contributed by atoms with E-state index in [0.29, 0.717) is 37.5 Å². The van der Waals surface area contributed by atoms with Gasteiger partial charge >= 0.3 is 5.97 Å². The molecule has 1 aromatic carbocycles. The number of aryl methyl sites for hydroxylation is 2. The summed E-state index contributed by atoms with van der Waals surface area (Å²) < 4.78 is 35.0. The summed E-state index contributed by atoms with van der Waals surface area (Å²) >= 11 is 6.17. The summed E-state index contributed by atoms with van der Waals surface area (Å²) in [7, 11) is -2.42. The molecule has 1 aromatic heterocycles. The lowest BCUT2D eigenvalue weighted by atomic mass is 9.98. The number of sulfonamides is 1. The Kier molecular flexibility index (Phi) is 7.91. The predicted molar refractivity (Wildman–Crippen MR) is 136 cm³/mol. The first-order valence-corrected chi connectivity index (χ1v) is 13.9. The number of rotatable bonds is 6. The molecule has 0 radical (unpaired) electrons. The Morgan fingerprint density at radius 1 is 1.17 bits per heavy atom. The van der Waals surface area contributed by atoms with Gasteiger partial charge in [0.2, 0.25) is 5.03 Å². The number of benzene rings is 1. The van der Waals surface area contributed by atoms with Crippen molar-refractivity contribution in [1.82, 2.24) is 19.0 Å². The van der Waals surface area contributed by atoms with Crippen LogP contribution in [0, 0.1) is 12.8 Å². The van der Waals surface area contributed by atoms with Crippen molar-refractivity contribution in [3.8, 4) is 0 Å². The number of hydrogen-bond donors (Lipinski definition) is 0. The van der Waals surface area contributed by atoms with Gasteiger partial charge in [-0.3, -0.25) is 14.3 Å². The van der Waals surface area contributed by atoms with E-state index >= 15 is 0 Å². The highest BCUT2D eigenvalue weighted by molar-refractivity contribution is 7.89. The van der Waals surface area contributed by atoms with Gasteiger partial charge in [-0.25, -0.2) is 8.42 Å². The maximum atomic E-state index is 13.6. The standard InChI is InChI=1S/C24H32ClN5O5S/c1-4-35-24(32)18-6-5-9-29(15-18)23(31)20-16-27(3)26-22(20)36(33,34)30-12-10-28(11-13-30)21-14-19(25)8-7-17(21)2/h7-8,14,16,18H,4-6,9-13,15H2,1-3H3/t18-/m0/s1. The molecule has 36 heavy (non-hydrogen) atoms. The van der Waals surface area contributed by atoms with Crippen molar-refractivity contribution in [2.75, 3.05) is 50.8 Å². The molecule has 0 saturated carbocycles. The van der Waals surface area contributed by atoms with Gasteiger partial charge in [-0.2, -0.15) is 9.40 Å². The highest BCUT2D eigenvalue weighted by atomic mass is 35.5. The Labute approximate surface area is 216 Å². The Hall–Kier alpha value is -2.63. The molecule has 196 valence electrons. The van der Waals surface area contributed by atoms with E-state index in [2.05, 4.69) is 10.00 Å². The maximum Gasteiger partial charge on any atom is 0.310 e. The average Bonchev–Trinajstić information content (AvgIpc) is 3.28. The van der Waals surface area contributed by atoms with Crippen LogP contribution < -0.4 is 4.90 Å². The van der Waals surface area contributed by atoms with Crippen molar-refractivity contribution in [3.05, 3.63) is 40.5 Å². The van der Waals surface area contributed by atoms with Crippen LogP contribution in [0.5, 0.6) is 0 Å². The Morgan fingerprint density at radius 3 is 2.58 bits per heavy atom. The van der Waals surface area contributed by atoms with Gasteiger partial charge < -0.3 is 14.5 Å². The van der Waals surface area contributed by atoms with Crippen molar-refractivity contribution < 1.29 is 22.7 Å². The van der Waals surface area contributed by atoms with E-state index in [0.717, 1.165) is 11.3 Å². The monoisotopic (exact) mass is 537 g/mol. The zero-order valence-corrected chi connectivity index (χ0v) is 22.4. The summed E-state index contributed by atoms with van der Waals surface area (Å²) in [5.74, 6) is -1.19. The summed E-state index contributed by atoms with van der Waals surface area (Å²) in [5, 5.41) is 4.56. The number of piperazine rings is 1. The molecule has 4 rings (SSSR count). The second-order valence-electron chi connectivity index (χ2n) is 9.19. The lowest BCUT2D eigenvalue weighted by Crippen LogP contribution is -2.49. The molecular formula is C24H32ClN5O5S. The van der Waals surface area contributed by atoms with Gasteiger partial charge in [0.15, 0.2) is 0 Å². The fraction of sp³-hybridized carbons (Fsp3) is 0.542. The van der Waals surface area contributed by atoms with Gasteiger partial charge in [-0.1, -0.05) is 17.7 Å². The van der Waals surface area contributed by atoms with Crippen LogP contribution in [0.15, 0.2) is 29.4 Å². The molecule has 0 unspecified atom stereocenters. The second-order valence-corrected chi connectivity index (χ2v) is 11.5. The van der Waals surface area contributed by atoms with Crippen LogP contribution in [0.1, 0.15) is 35.7 Å². The van der Waals surface area contributed by atoms with Crippen LogP contribution in [0.3, 0.4) is 0 Å². The quantitative estimate of drug-likeness (QED) is 0.521. The zero-order valence-electron chi connectivity index (χ0n) is 20.8. The zero-order chi connectivity index (χ0) is 26.0. The van der Waals surface area contributed by atoms with Gasteiger partial charge in [-0.05, 0) is 44.4 Å². The fourth-order valence-electron chi connectivity index (χ4n) is 4.80. The largest absolute Gasteiger partial charge is 0.466 e. The average molecular weight is 538 g/mol. The Balaban J connectivity index is 1.51. The number of nitrogens with zero attached hydrogens (tertiary/aromatic N) is 5. The molecule has 2 aliphatic rings. The lowest BCUT2D eigenvalue weighted by molar-refractivity contribution is -0.149. The normalized spacial score (nSPS) is 19.4. The first-order valence-electron chi connectivity index (χ1n) is 12.1. The summed E-state index contributed by atoms with van der Waals surface area (Å²) in [5.41, 5.74) is 2.07. The number of esters is 1. The molecule has 1 amide bonds. The first kappa shape index (κ1) is 26.4. The van der Waals surface area contributed by atoms with E-state index in [-0.39, 0.29) is 42.8 Å². The molecule has 1 atom stereocenters. The minimum atomic E-state index is -4.01. The number of hydrogen-bond acceptors (Lipinski definition) is 7. The van der Waals surface area contributed by atoms with E-state index in [1.165, 1.54) is 20.1 Å². The smallest absolute Gasteiger partial charge is 0.310 e. The summed E-state index contributed by atoms with van der Waals surface area (Å²) in [4.78, 5) is 29.3. The summed E-state index contributed by atoms with van der Waals surface area (Å²) in [6.07, 6.45) is 2.72. The molecule has 2 aromatic rings. The minimum Gasteiger partial charge on any atom is -0.466 e. The molecular weight excluding hydrogens is 506 g/mol. The number of anilines is 1. The van der Waals surface area contributed by atoms with Crippen molar-refractivity contribution in [2.45, 2.75) is 31.7 Å². The van der Waals surface area contributed by atoms with Crippen LogP contribution >= 0.6 is 11.6 Å². The highest BCUT2D eigenvalue weighted by Gasteiger charge is 2.37. The molecule has 2 aliphatic heterocycles. The number of carbonyl (C=O) groups excluding carboxylic acids is 2. The van der Waals surface area contributed by atoms with Crippen molar-refractivity contribution >= 4 is 39.2 Å². The summed E-state index contributed by atoms with van der Waals surface area (Å²) in [6, 6.07) is 5.66. The summed E-state index contributed by atoms with van der Waals surface area (Å²) in [6.45, 7) is 6.15. The van der Waals surface area contributed by atoms with Crippen molar-refractivity contribution in [1.29, 1.82) is 0 Å². The topological polar surface area (TPSA) is 105 Å². The van der Waals surface area contributed by atoms with Crippen LogP contribution in [-0.4, -0.2) is 85.2 Å². The molecule has 10 nitrogen and oxygen atoms in total. The highest BCUT2D eigenvalue weighted by Crippen LogP contribution is 2.28. The minimum absolute atomic E-state index is 0.0233. The Morgan fingerprint density at radius 2 is 1.89 bits per heavy atom. The van der Waals surface area contributed by atoms with E-state index in [9.17, 15) is 18.0 Å². The van der Waals surface area contributed by atoms with Gasteiger partial charge in [-0.15, -0.1) is 0 Å². The fourth-order valence-corrected chi connectivity index (χ4v) is 6.51. The van der Waals surface area contributed by atoms with Crippen LogP contribution in [0.25, 0.3) is 0 Å². The third-order valence-electron chi connectivity index (χ3n) is 6.69. The van der Waals surface area contributed by atoms with E-state index < -0.39 is 21.8 Å². The molecule has 3 heterocycles. The van der Waals surface area contributed by atoms with Gasteiger partial charge in [0, 0.05) is 63.2 Å². The molecule has 2 saturated heterocycles. The van der Waals surface area contributed by atoms with E-state index in [4.69, 9.17) is 16.3 Å². The molecule has 0 bridgehead atoms. The predicted octanol–water partition coefficient (Wildman–Crippen LogP) is 2.31. The third-order valence-corrected chi connectivity index (χ3v) is 8.76. The first-order chi connectivity index (χ1) is 17.1. The molecule has 0 N–H and O–H groups in total. The van der Waals surface area contributed by atoms with Crippen LogP contribution in [-0.2, 0) is 26.6 Å². The van der Waals surface area contributed by atoms with Crippen molar-refractivity contribution in [2.24, 2.45) is 13.0 Å². The number of halogens is 1. The molecule has 0 spiro atoms. The Bertz CT molecular complexity index is 1240. The second kappa shape index (κ2) is 10.8. The van der Waals surface area contributed by atoms with E-state index in [1.807, 2.05) is 25.1 Å². The van der Waals surface area contributed by atoms with Crippen LogP contribution in [0.2, 0.25) is 5.02 Å². The van der Waals surface area contributed by atoms with E-state index in [1.54, 1.807) is 14.0 Å². The van der Waals surface area contributed by atoms with Crippen LogP contribution in [0.4, 0.5) is 5.69 Å². The number of piperidine rings is 1. The number of aromatic nitrogens is 2. The molecule has 0 aliphatic carbocycles. The lowest BCUT2D eigenvalue weighted by Gasteiger charge is -2.36. The number of ether oxygens (including phenoxy) is 1. The van der Waals surface area contributed by atoms with Gasteiger partial charge in [0.1, 0.15) is 0 Å². The number of amides is 1. The van der Waals surface area contributed by atoms with Gasteiger partial charge in [0.25, 0.3) is 15.9 Å².